The van der Waals surface area contributed by atoms with Gasteiger partial charge in [-0.05, 0) is 40.9 Å². The Morgan fingerprint density at radius 1 is 0.909 bits per heavy atom. The third-order valence-corrected chi connectivity index (χ3v) is 5.19. The minimum absolute atomic E-state index is 0.170. The van der Waals surface area contributed by atoms with Crippen molar-refractivity contribution in [3.05, 3.63) is 29.3 Å². The Hall–Kier alpha value is -1.02. The number of morpholine rings is 1. The van der Waals surface area contributed by atoms with Gasteiger partial charge in [0.25, 0.3) is 0 Å². The van der Waals surface area contributed by atoms with E-state index < -0.39 is 0 Å². The third-order valence-electron chi connectivity index (χ3n) is 5.19. The summed E-state index contributed by atoms with van der Waals surface area (Å²) in [4.78, 5) is 2.68. The van der Waals surface area contributed by atoms with Crippen LogP contribution in [0.4, 0.5) is 5.69 Å². The van der Waals surface area contributed by atoms with Gasteiger partial charge in [0.05, 0.1) is 25.3 Å². The number of nitrogens with zero attached hydrogens (tertiary/aromatic N) is 1. The number of ether oxygens (including phenoxy) is 1. The number of fused-ring (bicyclic) bond motifs is 2. The molecular weight excluding hydrogens is 270 g/mol. The lowest BCUT2D eigenvalue weighted by Crippen LogP contribution is -2.47. The molecule has 0 aliphatic carbocycles. The summed E-state index contributed by atoms with van der Waals surface area (Å²) in [6.45, 7) is 15.7. The maximum absolute atomic E-state index is 5.79. The summed E-state index contributed by atoms with van der Waals surface area (Å²) < 4.78 is 5.79. The molecule has 0 spiro atoms. The summed E-state index contributed by atoms with van der Waals surface area (Å²) >= 11 is 0. The minimum Gasteiger partial charge on any atom is -0.377 e. The second-order valence-electron chi connectivity index (χ2n) is 9.06. The second-order valence-corrected chi connectivity index (χ2v) is 9.06. The standard InChI is InChI=1S/C20H31NO/c1-19(2,3)14-7-10-17(20(4,5)6)18(11-14)21-15-8-9-16(21)13-22-12-15/h7,10-11,15-16H,8-9,12-13H2,1-6H3. The van der Waals surface area contributed by atoms with E-state index in [0.717, 1.165) is 13.2 Å². The highest BCUT2D eigenvalue weighted by molar-refractivity contribution is 5.61. The van der Waals surface area contributed by atoms with Gasteiger partial charge in [0.2, 0.25) is 0 Å². The van der Waals surface area contributed by atoms with Gasteiger partial charge >= 0.3 is 0 Å². The molecule has 1 aromatic rings. The fourth-order valence-electron chi connectivity index (χ4n) is 3.87. The first-order chi connectivity index (χ1) is 10.2. The van der Waals surface area contributed by atoms with Crippen LogP contribution < -0.4 is 4.90 Å². The second kappa shape index (κ2) is 5.26. The van der Waals surface area contributed by atoms with Crippen molar-refractivity contribution in [1.82, 2.24) is 0 Å². The first-order valence-corrected chi connectivity index (χ1v) is 8.69. The molecule has 122 valence electrons. The van der Waals surface area contributed by atoms with E-state index in [0.29, 0.717) is 12.1 Å². The van der Waals surface area contributed by atoms with Crippen LogP contribution in [0.25, 0.3) is 0 Å². The van der Waals surface area contributed by atoms with Gasteiger partial charge in [-0.2, -0.15) is 0 Å². The summed E-state index contributed by atoms with van der Waals surface area (Å²) in [5.74, 6) is 0. The molecule has 2 nitrogen and oxygen atoms in total. The first-order valence-electron chi connectivity index (χ1n) is 8.69. The van der Waals surface area contributed by atoms with Crippen LogP contribution in [-0.4, -0.2) is 25.3 Å². The quantitative estimate of drug-likeness (QED) is 0.748. The molecule has 0 radical (unpaired) electrons. The van der Waals surface area contributed by atoms with Crippen LogP contribution in [0.5, 0.6) is 0 Å². The molecule has 2 unspecified atom stereocenters. The van der Waals surface area contributed by atoms with Crippen molar-refractivity contribution in [2.24, 2.45) is 0 Å². The Balaban J connectivity index is 2.11. The van der Waals surface area contributed by atoms with Gasteiger partial charge in [-0.3, -0.25) is 0 Å². The van der Waals surface area contributed by atoms with Gasteiger partial charge in [0.15, 0.2) is 0 Å². The van der Waals surface area contributed by atoms with Gasteiger partial charge in [-0.25, -0.2) is 0 Å². The molecular formula is C20H31NO. The van der Waals surface area contributed by atoms with Crippen LogP contribution in [0, 0.1) is 0 Å². The molecule has 2 bridgehead atoms. The number of rotatable bonds is 1. The fraction of sp³-hybridized carbons (Fsp3) is 0.700. The van der Waals surface area contributed by atoms with Crippen LogP contribution >= 0.6 is 0 Å². The van der Waals surface area contributed by atoms with E-state index in [9.17, 15) is 0 Å². The molecule has 2 aliphatic heterocycles. The molecule has 0 saturated carbocycles. The van der Waals surface area contributed by atoms with E-state index in [4.69, 9.17) is 4.74 Å². The van der Waals surface area contributed by atoms with E-state index in [1.54, 1.807) is 0 Å². The molecule has 0 aromatic heterocycles. The monoisotopic (exact) mass is 301 g/mol. The predicted octanol–water partition coefficient (Wildman–Crippen LogP) is 4.65. The lowest BCUT2D eigenvalue weighted by molar-refractivity contribution is 0.0904. The van der Waals surface area contributed by atoms with Crippen molar-refractivity contribution in [1.29, 1.82) is 0 Å². The summed E-state index contributed by atoms with van der Waals surface area (Å²) in [6, 6.07) is 8.28. The van der Waals surface area contributed by atoms with E-state index >= 15 is 0 Å². The Bertz CT molecular complexity index is 534. The lowest BCUT2D eigenvalue weighted by atomic mass is 9.80. The van der Waals surface area contributed by atoms with Crippen LogP contribution in [0.1, 0.15) is 65.5 Å². The van der Waals surface area contributed by atoms with Crippen LogP contribution in [0.3, 0.4) is 0 Å². The lowest BCUT2D eigenvalue weighted by Gasteiger charge is -2.40. The van der Waals surface area contributed by atoms with Crippen molar-refractivity contribution in [3.8, 4) is 0 Å². The van der Waals surface area contributed by atoms with E-state index in [2.05, 4.69) is 64.6 Å². The van der Waals surface area contributed by atoms with Crippen molar-refractivity contribution >= 4 is 5.69 Å². The van der Waals surface area contributed by atoms with Gasteiger partial charge in [-0.15, -0.1) is 0 Å². The Labute approximate surface area is 135 Å². The molecule has 2 atom stereocenters. The molecule has 2 saturated heterocycles. The third kappa shape index (κ3) is 2.78. The van der Waals surface area contributed by atoms with E-state index in [1.165, 1.54) is 29.7 Å². The van der Waals surface area contributed by atoms with E-state index in [1.807, 2.05) is 0 Å². The van der Waals surface area contributed by atoms with Gasteiger partial charge in [-0.1, -0.05) is 53.7 Å². The summed E-state index contributed by atoms with van der Waals surface area (Å²) in [5, 5.41) is 0. The molecule has 0 N–H and O–H groups in total. The maximum Gasteiger partial charge on any atom is 0.0671 e. The molecule has 1 aromatic carbocycles. The van der Waals surface area contributed by atoms with Crippen molar-refractivity contribution in [3.63, 3.8) is 0 Å². The maximum atomic E-state index is 5.79. The summed E-state index contributed by atoms with van der Waals surface area (Å²) in [7, 11) is 0. The first kappa shape index (κ1) is 15.9. The highest BCUT2D eigenvalue weighted by atomic mass is 16.5. The summed E-state index contributed by atoms with van der Waals surface area (Å²) in [5.41, 5.74) is 4.72. The van der Waals surface area contributed by atoms with Gasteiger partial charge in [0.1, 0.15) is 0 Å². The van der Waals surface area contributed by atoms with Gasteiger partial charge < -0.3 is 9.64 Å². The highest BCUT2D eigenvalue weighted by Gasteiger charge is 2.39. The molecule has 2 fully saturated rings. The number of anilines is 1. The van der Waals surface area contributed by atoms with Crippen LogP contribution in [0.15, 0.2) is 18.2 Å². The average Bonchev–Trinajstić information content (AvgIpc) is 2.65. The molecule has 22 heavy (non-hydrogen) atoms. The van der Waals surface area contributed by atoms with Crippen LogP contribution in [0.2, 0.25) is 0 Å². The highest BCUT2D eigenvalue weighted by Crippen LogP contribution is 2.41. The minimum atomic E-state index is 0.170. The Morgan fingerprint density at radius 2 is 1.50 bits per heavy atom. The van der Waals surface area contributed by atoms with Crippen molar-refractivity contribution in [2.45, 2.75) is 77.3 Å². The zero-order valence-electron chi connectivity index (χ0n) is 15.1. The summed E-state index contributed by atoms with van der Waals surface area (Å²) in [6.07, 6.45) is 2.54. The number of benzene rings is 1. The zero-order chi connectivity index (χ0) is 16.1. The Kier molecular flexibility index (Phi) is 3.79. The average molecular weight is 301 g/mol. The van der Waals surface area contributed by atoms with Crippen molar-refractivity contribution < 1.29 is 4.74 Å². The number of hydrogen-bond acceptors (Lipinski definition) is 2. The van der Waals surface area contributed by atoms with Crippen molar-refractivity contribution in [2.75, 3.05) is 18.1 Å². The SMILES string of the molecule is CC(C)(C)c1ccc(C(C)(C)C)c(N2C3CCC2COC3)c1. The molecule has 2 heteroatoms. The van der Waals surface area contributed by atoms with Crippen LogP contribution in [-0.2, 0) is 15.6 Å². The zero-order valence-corrected chi connectivity index (χ0v) is 15.1. The van der Waals surface area contributed by atoms with Gasteiger partial charge in [0, 0.05) is 5.69 Å². The predicted molar refractivity (Wildman–Crippen MR) is 94.0 cm³/mol. The largest absolute Gasteiger partial charge is 0.377 e. The van der Waals surface area contributed by atoms with E-state index in [-0.39, 0.29) is 10.8 Å². The topological polar surface area (TPSA) is 12.5 Å². The number of hydrogen-bond donors (Lipinski definition) is 0. The molecule has 0 amide bonds. The molecule has 2 aliphatic rings. The smallest absolute Gasteiger partial charge is 0.0671 e. The fourth-order valence-corrected chi connectivity index (χ4v) is 3.87. The Morgan fingerprint density at radius 3 is 2.00 bits per heavy atom. The molecule has 3 rings (SSSR count). The molecule has 2 heterocycles. The normalized spacial score (nSPS) is 25.6.